The molecule has 0 atom stereocenters. The van der Waals surface area contributed by atoms with Gasteiger partial charge in [0.25, 0.3) is 0 Å². The fourth-order valence-electron chi connectivity index (χ4n) is 1.66. The van der Waals surface area contributed by atoms with Crippen LogP contribution < -0.4 is 10.9 Å². The molecule has 7 heteroatoms. The van der Waals surface area contributed by atoms with Gasteiger partial charge < -0.3 is 0 Å². The van der Waals surface area contributed by atoms with Crippen molar-refractivity contribution in [3.8, 4) is 6.07 Å². The molecule has 1 heterocycles. The third-order valence-electron chi connectivity index (χ3n) is 2.52. The van der Waals surface area contributed by atoms with Crippen molar-refractivity contribution >= 4 is 10.0 Å². The second kappa shape index (κ2) is 4.45. The highest BCUT2D eigenvalue weighted by atomic mass is 32.2. The maximum absolute atomic E-state index is 11.5. The quantitative estimate of drug-likeness (QED) is 0.596. The highest BCUT2D eigenvalue weighted by Gasteiger charge is 2.47. The first-order chi connectivity index (χ1) is 6.99. The van der Waals surface area contributed by atoms with Crippen LogP contribution in [0.5, 0.6) is 0 Å². The van der Waals surface area contributed by atoms with Gasteiger partial charge in [0.05, 0.1) is 23.8 Å². The third-order valence-corrected chi connectivity index (χ3v) is 4.30. The first-order valence-corrected chi connectivity index (χ1v) is 6.39. The van der Waals surface area contributed by atoms with Gasteiger partial charge in [-0.25, -0.2) is 13.8 Å². The van der Waals surface area contributed by atoms with E-state index in [0.717, 1.165) is 0 Å². The standard InChI is InChI=1S/C8H16N4O2S/c1-3-15(13,14)12-6-8(7-12,4-5-9)11-10-2/h10-11H,3-4,6-7H2,1-2H3. The summed E-state index contributed by atoms with van der Waals surface area (Å²) in [6.45, 7) is 2.33. The van der Waals surface area contributed by atoms with Crippen molar-refractivity contribution in [1.29, 1.82) is 5.26 Å². The highest BCUT2D eigenvalue weighted by Crippen LogP contribution is 2.26. The van der Waals surface area contributed by atoms with Crippen molar-refractivity contribution in [2.45, 2.75) is 18.9 Å². The summed E-state index contributed by atoms with van der Waals surface area (Å²) in [5.41, 5.74) is 5.28. The topological polar surface area (TPSA) is 85.2 Å². The molecule has 0 radical (unpaired) electrons. The van der Waals surface area contributed by atoms with Gasteiger partial charge in [0.1, 0.15) is 0 Å². The minimum atomic E-state index is -3.11. The Bertz CT molecular complexity index is 353. The van der Waals surface area contributed by atoms with E-state index in [-0.39, 0.29) is 5.75 Å². The molecule has 0 amide bonds. The molecule has 0 spiro atoms. The summed E-state index contributed by atoms with van der Waals surface area (Å²) in [6.07, 6.45) is 0.295. The zero-order valence-corrected chi connectivity index (χ0v) is 9.76. The highest BCUT2D eigenvalue weighted by molar-refractivity contribution is 7.89. The van der Waals surface area contributed by atoms with E-state index in [1.54, 1.807) is 14.0 Å². The average molecular weight is 232 g/mol. The van der Waals surface area contributed by atoms with E-state index in [9.17, 15) is 8.42 Å². The maximum atomic E-state index is 11.5. The molecule has 1 fully saturated rings. The Morgan fingerprint density at radius 1 is 1.53 bits per heavy atom. The van der Waals surface area contributed by atoms with E-state index < -0.39 is 15.6 Å². The molecule has 0 aromatic carbocycles. The molecule has 6 nitrogen and oxygen atoms in total. The molecule has 0 unspecified atom stereocenters. The van der Waals surface area contributed by atoms with Crippen LogP contribution in [0.25, 0.3) is 0 Å². The van der Waals surface area contributed by atoms with Gasteiger partial charge in [0, 0.05) is 13.1 Å². The van der Waals surface area contributed by atoms with Crippen molar-refractivity contribution < 1.29 is 8.42 Å². The Morgan fingerprint density at radius 3 is 2.53 bits per heavy atom. The van der Waals surface area contributed by atoms with Crippen LogP contribution in [0.2, 0.25) is 0 Å². The Balaban J connectivity index is 2.62. The number of hydrogen-bond acceptors (Lipinski definition) is 5. The second-order valence-corrected chi connectivity index (χ2v) is 5.92. The smallest absolute Gasteiger partial charge is 0.213 e. The lowest BCUT2D eigenvalue weighted by Crippen LogP contribution is -2.72. The van der Waals surface area contributed by atoms with Crippen LogP contribution in [0.3, 0.4) is 0 Å². The summed E-state index contributed by atoms with van der Waals surface area (Å²) in [6, 6.07) is 2.06. The van der Waals surface area contributed by atoms with Gasteiger partial charge in [0.15, 0.2) is 0 Å². The lowest BCUT2D eigenvalue weighted by atomic mass is 9.90. The molecule has 1 aliphatic rings. The van der Waals surface area contributed by atoms with Crippen molar-refractivity contribution in [3.05, 3.63) is 0 Å². The van der Waals surface area contributed by atoms with E-state index in [1.807, 2.05) is 0 Å². The van der Waals surface area contributed by atoms with Crippen molar-refractivity contribution in [2.24, 2.45) is 0 Å². The van der Waals surface area contributed by atoms with Crippen LogP contribution in [0, 0.1) is 11.3 Å². The lowest BCUT2D eigenvalue weighted by Gasteiger charge is -2.48. The van der Waals surface area contributed by atoms with Crippen molar-refractivity contribution in [1.82, 2.24) is 15.2 Å². The minimum absolute atomic E-state index is 0.106. The number of hydrazine groups is 1. The number of nitrogens with one attached hydrogen (secondary N) is 2. The van der Waals surface area contributed by atoms with Crippen LogP contribution in [0.1, 0.15) is 13.3 Å². The molecule has 0 bridgehead atoms. The number of sulfonamides is 1. The van der Waals surface area contributed by atoms with E-state index in [0.29, 0.717) is 19.5 Å². The zero-order chi connectivity index (χ0) is 11.5. The molecule has 0 aromatic rings. The molecule has 0 aromatic heterocycles. The van der Waals surface area contributed by atoms with Crippen LogP contribution >= 0.6 is 0 Å². The Hall–Kier alpha value is -0.680. The van der Waals surface area contributed by atoms with Gasteiger partial charge in [-0.2, -0.15) is 9.57 Å². The summed E-state index contributed by atoms with van der Waals surface area (Å²) in [5.74, 6) is 0.106. The number of hydrogen-bond donors (Lipinski definition) is 2. The molecule has 1 saturated heterocycles. The second-order valence-electron chi connectivity index (χ2n) is 3.66. The largest absolute Gasteiger partial charge is 0.260 e. The SMILES string of the molecule is CCS(=O)(=O)N1CC(CC#N)(NNC)C1. The molecular weight excluding hydrogens is 216 g/mol. The Kier molecular flexibility index (Phi) is 3.67. The summed E-state index contributed by atoms with van der Waals surface area (Å²) in [4.78, 5) is 0. The number of nitriles is 1. The summed E-state index contributed by atoms with van der Waals surface area (Å²) < 4.78 is 24.3. The van der Waals surface area contributed by atoms with Gasteiger partial charge in [-0.15, -0.1) is 0 Å². The van der Waals surface area contributed by atoms with Gasteiger partial charge in [0.2, 0.25) is 10.0 Å². The number of rotatable bonds is 5. The predicted octanol–water partition coefficient (Wildman–Crippen LogP) is -0.972. The van der Waals surface area contributed by atoms with E-state index >= 15 is 0 Å². The first kappa shape index (κ1) is 12.4. The molecule has 2 N–H and O–H groups in total. The predicted molar refractivity (Wildman–Crippen MR) is 56.2 cm³/mol. The lowest BCUT2D eigenvalue weighted by molar-refractivity contribution is 0.106. The molecule has 0 saturated carbocycles. The molecule has 86 valence electrons. The average Bonchev–Trinajstić information content (AvgIpc) is 2.13. The zero-order valence-electron chi connectivity index (χ0n) is 8.95. The fourth-order valence-corrected chi connectivity index (χ4v) is 2.91. The summed E-state index contributed by atoms with van der Waals surface area (Å²) in [7, 11) is -1.41. The van der Waals surface area contributed by atoms with Crippen LogP contribution in [0.15, 0.2) is 0 Å². The van der Waals surface area contributed by atoms with Gasteiger partial charge in [-0.1, -0.05) is 0 Å². The molecule has 1 aliphatic heterocycles. The van der Waals surface area contributed by atoms with E-state index in [1.165, 1.54) is 4.31 Å². The molecule has 1 rings (SSSR count). The van der Waals surface area contributed by atoms with Gasteiger partial charge in [-0.3, -0.25) is 5.43 Å². The first-order valence-electron chi connectivity index (χ1n) is 4.78. The fraction of sp³-hybridized carbons (Fsp3) is 0.875. The van der Waals surface area contributed by atoms with Crippen LogP contribution in [-0.4, -0.2) is 44.2 Å². The monoisotopic (exact) mass is 232 g/mol. The van der Waals surface area contributed by atoms with Gasteiger partial charge >= 0.3 is 0 Å². The summed E-state index contributed by atoms with van der Waals surface area (Å²) >= 11 is 0. The Morgan fingerprint density at radius 2 is 2.13 bits per heavy atom. The van der Waals surface area contributed by atoms with Crippen LogP contribution in [0.4, 0.5) is 0 Å². The maximum Gasteiger partial charge on any atom is 0.213 e. The van der Waals surface area contributed by atoms with E-state index in [2.05, 4.69) is 16.9 Å². The van der Waals surface area contributed by atoms with Crippen LogP contribution in [-0.2, 0) is 10.0 Å². The number of nitrogens with zero attached hydrogens (tertiary/aromatic N) is 2. The normalized spacial score (nSPS) is 20.6. The minimum Gasteiger partial charge on any atom is -0.260 e. The molecular formula is C8H16N4O2S. The van der Waals surface area contributed by atoms with Crippen molar-refractivity contribution in [2.75, 3.05) is 25.9 Å². The van der Waals surface area contributed by atoms with E-state index in [4.69, 9.17) is 5.26 Å². The van der Waals surface area contributed by atoms with Crippen molar-refractivity contribution in [3.63, 3.8) is 0 Å². The summed E-state index contributed by atoms with van der Waals surface area (Å²) in [5, 5.41) is 8.65. The molecule has 15 heavy (non-hydrogen) atoms. The van der Waals surface area contributed by atoms with Gasteiger partial charge in [-0.05, 0) is 14.0 Å². The Labute approximate surface area is 90.3 Å². The molecule has 0 aliphatic carbocycles. The third kappa shape index (κ3) is 2.46.